The summed E-state index contributed by atoms with van der Waals surface area (Å²) in [5.74, 6) is 0. The van der Waals surface area contributed by atoms with Crippen LogP contribution in [-0.4, -0.2) is 23.7 Å². The number of aromatic nitrogens is 1. The highest BCUT2D eigenvalue weighted by atomic mass is 16.3. The summed E-state index contributed by atoms with van der Waals surface area (Å²) in [5.41, 5.74) is 0.928. The lowest BCUT2D eigenvalue weighted by molar-refractivity contribution is 0.133. The zero-order valence-corrected chi connectivity index (χ0v) is 8.44. The van der Waals surface area contributed by atoms with Crippen LogP contribution in [0.25, 0.3) is 0 Å². The van der Waals surface area contributed by atoms with Gasteiger partial charge in [0.05, 0.1) is 5.54 Å². The summed E-state index contributed by atoms with van der Waals surface area (Å²) in [5, 5.41) is 11.2. The molecule has 0 unspecified atom stereocenters. The molecule has 1 fully saturated rings. The molecule has 1 aromatic rings. The quantitative estimate of drug-likeness (QED) is 0.715. The van der Waals surface area contributed by atoms with Crippen molar-refractivity contribution in [2.45, 2.75) is 25.3 Å². The van der Waals surface area contributed by atoms with E-state index < -0.39 is 0 Å². The van der Waals surface area contributed by atoms with Crippen molar-refractivity contribution in [2.75, 3.05) is 18.1 Å². The van der Waals surface area contributed by atoms with Gasteiger partial charge in [0.2, 0.25) is 0 Å². The van der Waals surface area contributed by atoms with Crippen LogP contribution < -0.4 is 4.90 Å². The van der Waals surface area contributed by atoms with E-state index in [1.807, 2.05) is 19.1 Å². The Balaban J connectivity index is 2.26. The third-order valence-corrected chi connectivity index (χ3v) is 3.03. The molecule has 2 rings (SSSR count). The van der Waals surface area contributed by atoms with Crippen molar-refractivity contribution in [3.63, 3.8) is 0 Å². The molecule has 1 atom stereocenters. The Hall–Kier alpha value is -1.09. The number of rotatable bonds is 2. The highest BCUT2D eigenvalue weighted by Gasteiger charge is 2.36. The highest BCUT2D eigenvalue weighted by Crippen LogP contribution is 2.33. The first-order valence-electron chi connectivity index (χ1n) is 5.02. The largest absolute Gasteiger partial charge is 0.364 e. The molecule has 1 saturated heterocycles. The van der Waals surface area contributed by atoms with Crippen molar-refractivity contribution in [3.05, 3.63) is 24.5 Å². The fourth-order valence-corrected chi connectivity index (χ4v) is 2.14. The number of hydrogen-bond donors (Lipinski definition) is 0. The third-order valence-electron chi connectivity index (χ3n) is 3.03. The molecule has 2 heterocycles. The number of hydrogen-bond acceptors (Lipinski definition) is 2. The minimum absolute atomic E-state index is 0.0324. The predicted molar refractivity (Wildman–Crippen MR) is 54.8 cm³/mol. The summed E-state index contributed by atoms with van der Waals surface area (Å²) in [6.45, 7) is 3.01. The Morgan fingerprint density at radius 2 is 2.21 bits per heavy atom. The average molecular weight is 191 g/mol. The van der Waals surface area contributed by atoms with Gasteiger partial charge in [0.25, 0.3) is 0 Å². The van der Waals surface area contributed by atoms with Crippen LogP contribution in [0, 0.1) is 0 Å². The van der Waals surface area contributed by atoms with Crippen molar-refractivity contribution in [3.8, 4) is 0 Å². The highest BCUT2D eigenvalue weighted by molar-refractivity contribution is 5.48. The van der Waals surface area contributed by atoms with Crippen molar-refractivity contribution in [2.24, 2.45) is 0 Å². The topological polar surface area (TPSA) is 36.0 Å². The summed E-state index contributed by atoms with van der Waals surface area (Å²) in [4.78, 5) is 6.20. The Morgan fingerprint density at radius 3 is 2.86 bits per heavy atom. The maximum atomic E-state index is 11.2. The summed E-state index contributed by atoms with van der Waals surface area (Å²) in [7, 11) is 0. The lowest BCUT2D eigenvalue weighted by Crippen LogP contribution is -2.44. The van der Waals surface area contributed by atoms with E-state index in [9.17, 15) is 5.11 Å². The second kappa shape index (κ2) is 3.58. The molecule has 1 aromatic heterocycles. The second-order valence-corrected chi connectivity index (χ2v) is 4.10. The molecule has 0 bridgehead atoms. The van der Waals surface area contributed by atoms with Crippen LogP contribution in [0.5, 0.6) is 0 Å². The first-order valence-corrected chi connectivity index (χ1v) is 5.02. The van der Waals surface area contributed by atoms with Crippen molar-refractivity contribution in [1.29, 1.82) is 0 Å². The summed E-state index contributed by atoms with van der Waals surface area (Å²) in [6, 6.07) is 3.94. The molecule has 0 N–H and O–H groups in total. The maximum absolute atomic E-state index is 11.2. The van der Waals surface area contributed by atoms with Gasteiger partial charge in [0.1, 0.15) is 6.61 Å². The molecule has 1 radical (unpaired) electrons. The minimum Gasteiger partial charge on any atom is -0.364 e. The van der Waals surface area contributed by atoms with E-state index in [-0.39, 0.29) is 12.1 Å². The van der Waals surface area contributed by atoms with Crippen LogP contribution in [0.15, 0.2) is 24.5 Å². The molecule has 0 amide bonds. The van der Waals surface area contributed by atoms with Gasteiger partial charge in [-0.2, -0.15) is 0 Å². The monoisotopic (exact) mass is 191 g/mol. The Labute approximate surface area is 84.4 Å². The van der Waals surface area contributed by atoms with Crippen LogP contribution in [0.1, 0.15) is 19.8 Å². The average Bonchev–Trinajstić information content (AvgIpc) is 2.63. The Morgan fingerprint density at radius 1 is 1.50 bits per heavy atom. The van der Waals surface area contributed by atoms with Gasteiger partial charge in [-0.25, -0.2) is 5.11 Å². The van der Waals surface area contributed by atoms with Crippen molar-refractivity contribution >= 4 is 5.69 Å². The normalized spacial score (nSPS) is 26.9. The fourth-order valence-electron chi connectivity index (χ4n) is 2.14. The van der Waals surface area contributed by atoms with Gasteiger partial charge in [-0.15, -0.1) is 0 Å². The third kappa shape index (κ3) is 1.48. The first-order chi connectivity index (χ1) is 6.76. The molecule has 1 aliphatic heterocycles. The zero-order chi connectivity index (χ0) is 10.0. The number of anilines is 1. The Kier molecular flexibility index (Phi) is 2.42. The van der Waals surface area contributed by atoms with Gasteiger partial charge in [-0.3, -0.25) is 4.98 Å². The molecule has 0 aromatic carbocycles. The van der Waals surface area contributed by atoms with Crippen LogP contribution in [-0.2, 0) is 5.11 Å². The summed E-state index contributed by atoms with van der Waals surface area (Å²) in [6.07, 6.45) is 5.66. The zero-order valence-electron chi connectivity index (χ0n) is 8.44. The van der Waals surface area contributed by atoms with Gasteiger partial charge in [-0.1, -0.05) is 0 Å². The standard InChI is InChI=1S/C11H15N2O/c1-11(9-14)5-2-8-13(11)10-3-6-12-7-4-10/h3-4,6-7H,2,5,8-9H2,1H3/t11-/m1/s1. The number of nitrogens with zero attached hydrogens (tertiary/aromatic N) is 2. The van der Waals surface area contributed by atoms with Crippen molar-refractivity contribution in [1.82, 2.24) is 4.98 Å². The predicted octanol–water partition coefficient (Wildman–Crippen LogP) is 1.87. The molecule has 3 nitrogen and oxygen atoms in total. The number of pyridine rings is 1. The fraction of sp³-hybridized carbons (Fsp3) is 0.545. The van der Waals surface area contributed by atoms with Gasteiger partial charge < -0.3 is 4.90 Å². The van der Waals surface area contributed by atoms with E-state index in [4.69, 9.17) is 0 Å². The van der Waals surface area contributed by atoms with E-state index >= 15 is 0 Å². The van der Waals surface area contributed by atoms with E-state index in [1.54, 1.807) is 12.4 Å². The Bertz CT molecular complexity index is 301. The first kappa shape index (κ1) is 9.46. The molecule has 3 heteroatoms. The molecular weight excluding hydrogens is 176 g/mol. The lowest BCUT2D eigenvalue weighted by atomic mass is 10.00. The molecule has 75 valence electrons. The van der Waals surface area contributed by atoms with Gasteiger partial charge in [-0.05, 0) is 31.9 Å². The lowest BCUT2D eigenvalue weighted by Gasteiger charge is -2.34. The molecule has 1 aliphatic rings. The van der Waals surface area contributed by atoms with Crippen molar-refractivity contribution < 1.29 is 5.11 Å². The van der Waals surface area contributed by atoms with Crippen LogP contribution >= 0.6 is 0 Å². The van der Waals surface area contributed by atoms with Crippen LogP contribution in [0.2, 0.25) is 0 Å². The van der Waals surface area contributed by atoms with Gasteiger partial charge in [0.15, 0.2) is 0 Å². The molecule has 0 saturated carbocycles. The molecular formula is C11H15N2O. The van der Waals surface area contributed by atoms with Crippen LogP contribution in [0.3, 0.4) is 0 Å². The smallest absolute Gasteiger partial charge is 0.105 e. The van der Waals surface area contributed by atoms with E-state index in [0.717, 1.165) is 25.1 Å². The second-order valence-electron chi connectivity index (χ2n) is 4.10. The summed E-state index contributed by atoms with van der Waals surface area (Å²) < 4.78 is 0. The van der Waals surface area contributed by atoms with Gasteiger partial charge in [0, 0.05) is 24.6 Å². The SMILES string of the molecule is C[C@]1(C[O])CCCN1c1ccncc1. The molecule has 0 spiro atoms. The maximum Gasteiger partial charge on any atom is 0.105 e. The summed E-state index contributed by atoms with van der Waals surface area (Å²) >= 11 is 0. The van der Waals surface area contributed by atoms with E-state index in [0.29, 0.717) is 0 Å². The van der Waals surface area contributed by atoms with E-state index in [2.05, 4.69) is 9.88 Å². The van der Waals surface area contributed by atoms with E-state index in [1.165, 1.54) is 0 Å². The molecule has 0 aliphatic carbocycles. The van der Waals surface area contributed by atoms with Gasteiger partial charge >= 0.3 is 0 Å². The molecule has 14 heavy (non-hydrogen) atoms. The van der Waals surface area contributed by atoms with Crippen LogP contribution in [0.4, 0.5) is 5.69 Å². The minimum atomic E-state index is -0.193.